The highest BCUT2D eigenvalue weighted by molar-refractivity contribution is 7.98. The fraction of sp³-hybridized carbons (Fsp3) is 0.222. The van der Waals surface area contributed by atoms with Gasteiger partial charge in [0.15, 0.2) is 5.78 Å². The topological polar surface area (TPSA) is 69.9 Å². The van der Waals surface area contributed by atoms with Gasteiger partial charge in [-0.3, -0.25) is 4.79 Å². The van der Waals surface area contributed by atoms with E-state index >= 15 is 0 Å². The summed E-state index contributed by atoms with van der Waals surface area (Å²) in [6, 6.07) is 13.4. The van der Waals surface area contributed by atoms with E-state index in [1.165, 1.54) is 17.3 Å². The quantitative estimate of drug-likeness (QED) is 0.499. The molecule has 25 heavy (non-hydrogen) atoms. The molecule has 0 N–H and O–H groups in total. The Morgan fingerprint density at radius 1 is 1.20 bits per heavy atom. The van der Waals surface area contributed by atoms with Crippen LogP contribution in [-0.2, 0) is 5.75 Å². The maximum atomic E-state index is 11.6. The van der Waals surface area contributed by atoms with Gasteiger partial charge in [0.25, 0.3) is 0 Å². The van der Waals surface area contributed by atoms with Crippen LogP contribution >= 0.6 is 11.8 Å². The van der Waals surface area contributed by atoms with Crippen LogP contribution in [0, 0.1) is 6.92 Å². The van der Waals surface area contributed by atoms with Crippen LogP contribution in [-0.4, -0.2) is 33.1 Å². The number of thioether (sulfide) groups is 1. The van der Waals surface area contributed by atoms with Crippen molar-refractivity contribution >= 4 is 17.5 Å². The monoisotopic (exact) mass is 354 g/mol. The van der Waals surface area contributed by atoms with Crippen molar-refractivity contribution in [2.24, 2.45) is 0 Å². The summed E-state index contributed by atoms with van der Waals surface area (Å²) in [4.78, 5) is 11.6. The van der Waals surface area contributed by atoms with E-state index in [9.17, 15) is 4.79 Å². The Bertz CT molecular complexity index is 890. The van der Waals surface area contributed by atoms with Crippen molar-refractivity contribution in [3.05, 3.63) is 59.2 Å². The van der Waals surface area contributed by atoms with Gasteiger partial charge >= 0.3 is 0 Å². The average molecular weight is 354 g/mol. The van der Waals surface area contributed by atoms with Crippen LogP contribution in [0.2, 0.25) is 0 Å². The molecule has 6 nitrogen and oxygen atoms in total. The second-order valence-corrected chi connectivity index (χ2v) is 6.52. The van der Waals surface area contributed by atoms with Crippen LogP contribution in [0.4, 0.5) is 0 Å². The van der Waals surface area contributed by atoms with Gasteiger partial charge in [0, 0.05) is 16.9 Å². The third kappa shape index (κ3) is 3.88. The summed E-state index contributed by atoms with van der Waals surface area (Å²) < 4.78 is 7.09. The van der Waals surface area contributed by atoms with Crippen molar-refractivity contribution < 1.29 is 9.53 Å². The smallest absolute Gasteiger partial charge is 0.214 e. The molecule has 0 aliphatic heterocycles. The first kappa shape index (κ1) is 17.2. The summed E-state index contributed by atoms with van der Waals surface area (Å²) in [5, 5.41) is 12.6. The highest BCUT2D eigenvalue weighted by atomic mass is 32.2. The van der Waals surface area contributed by atoms with Crippen LogP contribution < -0.4 is 4.74 Å². The summed E-state index contributed by atoms with van der Waals surface area (Å²) >= 11 is 1.49. The maximum Gasteiger partial charge on any atom is 0.214 e. The van der Waals surface area contributed by atoms with E-state index in [0.29, 0.717) is 16.5 Å². The molecule has 0 aliphatic rings. The molecule has 0 unspecified atom stereocenters. The zero-order valence-electron chi connectivity index (χ0n) is 14.3. The van der Waals surface area contributed by atoms with Crippen LogP contribution in [0.25, 0.3) is 5.69 Å². The molecule has 0 atom stereocenters. The second-order valence-electron chi connectivity index (χ2n) is 5.58. The first-order valence-electron chi connectivity index (χ1n) is 7.74. The van der Waals surface area contributed by atoms with Gasteiger partial charge in [0.2, 0.25) is 5.16 Å². The number of ketones is 1. The molecule has 0 amide bonds. The summed E-state index contributed by atoms with van der Waals surface area (Å²) in [5.41, 5.74) is 3.67. The van der Waals surface area contributed by atoms with Crippen molar-refractivity contribution in [3.63, 3.8) is 0 Å². The number of carbonyl (C=O) groups is 1. The number of benzene rings is 2. The molecule has 2 aromatic carbocycles. The van der Waals surface area contributed by atoms with Gasteiger partial charge in [0.05, 0.1) is 12.8 Å². The van der Waals surface area contributed by atoms with Crippen molar-refractivity contribution in [2.75, 3.05) is 7.11 Å². The molecular weight excluding hydrogens is 336 g/mol. The Morgan fingerprint density at radius 2 is 1.96 bits per heavy atom. The predicted octanol–water partition coefficient (Wildman–Crippen LogP) is 3.47. The van der Waals surface area contributed by atoms with E-state index in [1.54, 1.807) is 24.8 Å². The fourth-order valence-electron chi connectivity index (χ4n) is 2.37. The predicted molar refractivity (Wildman–Crippen MR) is 96.5 cm³/mol. The minimum absolute atomic E-state index is 0.0263. The van der Waals surface area contributed by atoms with Gasteiger partial charge in [-0.1, -0.05) is 29.5 Å². The van der Waals surface area contributed by atoms with Gasteiger partial charge in [-0.15, -0.1) is 5.10 Å². The van der Waals surface area contributed by atoms with Gasteiger partial charge in [-0.05, 0) is 54.6 Å². The van der Waals surface area contributed by atoms with Gasteiger partial charge in [-0.25, -0.2) is 0 Å². The zero-order valence-corrected chi connectivity index (χ0v) is 15.1. The lowest BCUT2D eigenvalue weighted by molar-refractivity contribution is 0.101. The largest absolute Gasteiger partial charge is 0.496 e. The lowest BCUT2D eigenvalue weighted by atomic mass is 10.1. The van der Waals surface area contributed by atoms with Gasteiger partial charge in [0.1, 0.15) is 5.75 Å². The SMILES string of the molecule is COc1ccc(C(C)=O)cc1CSc1nnnn1-c1ccc(C)cc1. The Balaban J connectivity index is 1.83. The highest BCUT2D eigenvalue weighted by Crippen LogP contribution is 2.28. The lowest BCUT2D eigenvalue weighted by Crippen LogP contribution is -2.00. The summed E-state index contributed by atoms with van der Waals surface area (Å²) in [5.74, 6) is 1.36. The van der Waals surface area contributed by atoms with E-state index < -0.39 is 0 Å². The molecule has 3 rings (SSSR count). The normalized spacial score (nSPS) is 10.7. The second kappa shape index (κ2) is 7.48. The molecule has 0 bridgehead atoms. The van der Waals surface area contributed by atoms with Crippen LogP contribution in [0.3, 0.4) is 0 Å². The number of nitrogens with zero attached hydrogens (tertiary/aromatic N) is 4. The van der Waals surface area contributed by atoms with Crippen molar-refractivity contribution in [2.45, 2.75) is 24.8 Å². The Kier molecular flexibility index (Phi) is 5.14. The van der Waals surface area contributed by atoms with Crippen molar-refractivity contribution in [1.29, 1.82) is 0 Å². The molecular formula is C18H18N4O2S. The average Bonchev–Trinajstić information content (AvgIpc) is 3.08. The van der Waals surface area contributed by atoms with Crippen LogP contribution in [0.1, 0.15) is 28.4 Å². The first-order chi connectivity index (χ1) is 12.1. The standard InChI is InChI=1S/C18H18N4O2S/c1-12-4-7-16(8-5-12)22-18(19-20-21-22)25-11-15-10-14(13(2)23)6-9-17(15)24-3/h4-10H,11H2,1-3H3. The Labute approximate surface area is 150 Å². The molecule has 0 radical (unpaired) electrons. The third-order valence-electron chi connectivity index (χ3n) is 3.76. The number of ether oxygens (including phenoxy) is 1. The summed E-state index contributed by atoms with van der Waals surface area (Å²) in [6.45, 7) is 3.59. The molecule has 0 aliphatic carbocycles. The summed E-state index contributed by atoms with van der Waals surface area (Å²) in [7, 11) is 1.62. The Hall–Kier alpha value is -2.67. The van der Waals surface area contributed by atoms with Gasteiger partial charge < -0.3 is 4.74 Å². The number of hydrogen-bond donors (Lipinski definition) is 0. The highest BCUT2D eigenvalue weighted by Gasteiger charge is 2.12. The Morgan fingerprint density at radius 3 is 2.64 bits per heavy atom. The molecule has 0 fully saturated rings. The number of rotatable bonds is 6. The minimum atomic E-state index is 0.0263. The van der Waals surface area contributed by atoms with E-state index in [-0.39, 0.29) is 5.78 Å². The molecule has 3 aromatic rings. The third-order valence-corrected chi connectivity index (χ3v) is 4.73. The van der Waals surface area contributed by atoms with E-state index in [1.807, 2.05) is 43.3 Å². The molecule has 0 saturated carbocycles. The molecule has 0 saturated heterocycles. The number of aryl methyl sites for hydroxylation is 1. The van der Waals surface area contributed by atoms with E-state index in [2.05, 4.69) is 15.5 Å². The van der Waals surface area contributed by atoms with E-state index in [0.717, 1.165) is 17.0 Å². The maximum absolute atomic E-state index is 11.6. The number of tetrazole rings is 1. The number of hydrogen-bond acceptors (Lipinski definition) is 6. The van der Waals surface area contributed by atoms with Crippen LogP contribution in [0.5, 0.6) is 5.75 Å². The molecule has 1 aromatic heterocycles. The fourth-order valence-corrected chi connectivity index (χ4v) is 3.24. The molecule has 1 heterocycles. The molecule has 128 valence electrons. The number of Topliss-reactive ketones (excluding diaryl/α,β-unsaturated/α-hetero) is 1. The first-order valence-corrected chi connectivity index (χ1v) is 8.73. The lowest BCUT2D eigenvalue weighted by Gasteiger charge is -2.10. The molecule has 7 heteroatoms. The zero-order chi connectivity index (χ0) is 17.8. The van der Waals surface area contributed by atoms with Gasteiger partial charge in [-0.2, -0.15) is 4.68 Å². The summed E-state index contributed by atoms with van der Waals surface area (Å²) in [6.07, 6.45) is 0. The number of aromatic nitrogens is 4. The van der Waals surface area contributed by atoms with E-state index in [4.69, 9.17) is 4.74 Å². The number of methoxy groups -OCH3 is 1. The molecule has 0 spiro atoms. The van der Waals surface area contributed by atoms with Crippen LogP contribution in [0.15, 0.2) is 47.6 Å². The van der Waals surface area contributed by atoms with Crippen molar-refractivity contribution in [3.8, 4) is 11.4 Å². The van der Waals surface area contributed by atoms with Crippen molar-refractivity contribution in [1.82, 2.24) is 20.2 Å². The minimum Gasteiger partial charge on any atom is -0.496 e. The number of carbonyl (C=O) groups excluding carboxylic acids is 1.